The van der Waals surface area contributed by atoms with E-state index < -0.39 is 27.9 Å². The summed E-state index contributed by atoms with van der Waals surface area (Å²) in [5.41, 5.74) is 0.356. The molecule has 2 heterocycles. The van der Waals surface area contributed by atoms with Crippen LogP contribution in [0.2, 0.25) is 0 Å². The molecule has 0 saturated carbocycles. The molecule has 3 amide bonds. The zero-order chi connectivity index (χ0) is 23.3. The van der Waals surface area contributed by atoms with E-state index in [2.05, 4.69) is 10.6 Å². The Morgan fingerprint density at radius 1 is 1.00 bits per heavy atom. The summed E-state index contributed by atoms with van der Waals surface area (Å²) in [7, 11) is -3.59. The molecule has 1 aromatic heterocycles. The van der Waals surface area contributed by atoms with Gasteiger partial charge in [0.2, 0.25) is 10.0 Å². The number of nitrogens with one attached hydrogen (secondary N) is 2. The zero-order valence-electron chi connectivity index (χ0n) is 17.8. The number of ether oxygens (including phenoxy) is 1. The van der Waals surface area contributed by atoms with Crippen LogP contribution in [0.5, 0.6) is 0 Å². The molecule has 32 heavy (non-hydrogen) atoms. The fourth-order valence-corrected chi connectivity index (χ4v) is 5.49. The van der Waals surface area contributed by atoms with E-state index in [1.807, 2.05) is 0 Å². The molecule has 0 spiro atoms. The third kappa shape index (κ3) is 5.72. The molecule has 1 aromatic carbocycles. The van der Waals surface area contributed by atoms with Gasteiger partial charge in [0.1, 0.15) is 5.00 Å². The van der Waals surface area contributed by atoms with E-state index in [4.69, 9.17) is 4.74 Å². The Kier molecular flexibility index (Phi) is 7.64. The first-order chi connectivity index (χ1) is 15.2. The van der Waals surface area contributed by atoms with E-state index in [9.17, 15) is 22.8 Å². The first-order valence-corrected chi connectivity index (χ1v) is 12.5. The highest BCUT2D eigenvalue weighted by atomic mass is 32.2. The molecule has 9 nitrogen and oxygen atoms in total. The largest absolute Gasteiger partial charge is 0.447 e. The summed E-state index contributed by atoms with van der Waals surface area (Å²) >= 11 is 1.12. The molecule has 1 aliphatic rings. The Morgan fingerprint density at radius 2 is 1.66 bits per heavy atom. The van der Waals surface area contributed by atoms with Crippen molar-refractivity contribution in [3.8, 4) is 0 Å². The number of piperidine rings is 1. The topological polar surface area (TPSA) is 122 Å². The number of alkyl carbamates (subject to hydrolysis) is 1. The molecular formula is C21H25N3O6S2. The second kappa shape index (κ2) is 10.2. The Hall–Kier alpha value is -2.76. The van der Waals surface area contributed by atoms with Crippen molar-refractivity contribution >= 4 is 44.3 Å². The first-order valence-electron chi connectivity index (χ1n) is 10.2. The molecule has 11 heteroatoms. The number of thiophene rings is 1. The maximum absolute atomic E-state index is 12.7. The van der Waals surface area contributed by atoms with Crippen LogP contribution in [0.1, 0.15) is 53.8 Å². The number of carbonyl (C=O) groups is 3. The van der Waals surface area contributed by atoms with Crippen molar-refractivity contribution in [2.45, 2.75) is 44.1 Å². The number of imide groups is 1. The second-order valence-corrected chi connectivity index (χ2v) is 10.4. The third-order valence-corrected chi connectivity index (χ3v) is 7.51. The third-order valence-electron chi connectivity index (χ3n) is 4.76. The molecule has 1 aliphatic heterocycles. The Labute approximate surface area is 190 Å². The highest BCUT2D eigenvalue weighted by Crippen LogP contribution is 2.25. The predicted octanol–water partition coefficient (Wildman–Crippen LogP) is 3.45. The van der Waals surface area contributed by atoms with Gasteiger partial charge < -0.3 is 10.1 Å². The molecule has 0 radical (unpaired) electrons. The predicted molar refractivity (Wildman–Crippen MR) is 120 cm³/mol. The summed E-state index contributed by atoms with van der Waals surface area (Å²) < 4.78 is 31.8. The van der Waals surface area contributed by atoms with Crippen molar-refractivity contribution in [1.29, 1.82) is 0 Å². The standard InChI is InChI=1S/C21H25N3O6S2/c1-14(2)30-21(27)23-19(26)17-10-13-31-20(17)22-18(25)15-6-8-16(9-7-15)32(28,29)24-11-4-3-5-12-24/h6-10,13-14H,3-5,11-12H2,1-2H3,(H,22,25)(H,23,26,27). The highest BCUT2D eigenvalue weighted by molar-refractivity contribution is 7.89. The van der Waals surface area contributed by atoms with Gasteiger partial charge in [-0.15, -0.1) is 11.3 Å². The molecule has 1 saturated heterocycles. The van der Waals surface area contributed by atoms with Gasteiger partial charge >= 0.3 is 6.09 Å². The van der Waals surface area contributed by atoms with E-state index in [1.54, 1.807) is 19.2 Å². The van der Waals surface area contributed by atoms with Crippen molar-refractivity contribution in [2.24, 2.45) is 0 Å². The summed E-state index contributed by atoms with van der Waals surface area (Å²) in [6.07, 6.45) is 1.44. The van der Waals surface area contributed by atoms with Crippen LogP contribution in [-0.4, -0.2) is 49.8 Å². The lowest BCUT2D eigenvalue weighted by molar-refractivity contribution is 0.0877. The fourth-order valence-electron chi connectivity index (χ4n) is 3.20. The van der Waals surface area contributed by atoms with Gasteiger partial charge in [-0.2, -0.15) is 4.31 Å². The molecule has 172 valence electrons. The van der Waals surface area contributed by atoms with Gasteiger partial charge in [0.15, 0.2) is 0 Å². The molecular weight excluding hydrogens is 454 g/mol. The monoisotopic (exact) mass is 479 g/mol. The summed E-state index contributed by atoms with van der Waals surface area (Å²) in [4.78, 5) is 36.7. The van der Waals surface area contributed by atoms with Crippen molar-refractivity contribution in [1.82, 2.24) is 9.62 Å². The maximum atomic E-state index is 12.7. The first kappa shape index (κ1) is 23.9. The van der Waals surface area contributed by atoms with Crippen LogP contribution >= 0.6 is 11.3 Å². The van der Waals surface area contributed by atoms with Crippen LogP contribution in [0.25, 0.3) is 0 Å². The Bertz CT molecular complexity index is 1090. The van der Waals surface area contributed by atoms with Gasteiger partial charge in [0.25, 0.3) is 11.8 Å². The number of sulfonamides is 1. The van der Waals surface area contributed by atoms with E-state index in [-0.39, 0.29) is 27.1 Å². The van der Waals surface area contributed by atoms with Gasteiger partial charge in [-0.1, -0.05) is 6.42 Å². The van der Waals surface area contributed by atoms with E-state index in [0.717, 1.165) is 30.6 Å². The van der Waals surface area contributed by atoms with Crippen molar-refractivity contribution in [2.75, 3.05) is 18.4 Å². The summed E-state index contributed by atoms with van der Waals surface area (Å²) in [6.45, 7) is 4.31. The Morgan fingerprint density at radius 3 is 2.28 bits per heavy atom. The number of anilines is 1. The number of hydrogen-bond donors (Lipinski definition) is 2. The minimum atomic E-state index is -3.59. The van der Waals surface area contributed by atoms with Crippen LogP contribution in [0.3, 0.4) is 0 Å². The summed E-state index contributed by atoms with van der Waals surface area (Å²) in [5, 5.41) is 6.60. The normalized spacial score (nSPS) is 14.7. The number of benzene rings is 1. The molecule has 0 aliphatic carbocycles. The smallest absolute Gasteiger partial charge is 0.414 e. The number of rotatable bonds is 6. The Balaban J connectivity index is 1.68. The molecule has 1 fully saturated rings. The molecule has 2 N–H and O–H groups in total. The van der Waals surface area contributed by atoms with E-state index in [1.165, 1.54) is 34.6 Å². The van der Waals surface area contributed by atoms with Gasteiger partial charge in [0, 0.05) is 18.7 Å². The maximum Gasteiger partial charge on any atom is 0.414 e. The second-order valence-electron chi connectivity index (χ2n) is 7.51. The van der Waals surface area contributed by atoms with E-state index >= 15 is 0 Å². The molecule has 0 atom stereocenters. The van der Waals surface area contributed by atoms with Gasteiger partial charge in [-0.25, -0.2) is 13.2 Å². The van der Waals surface area contributed by atoms with Crippen molar-refractivity contribution < 1.29 is 27.5 Å². The number of amides is 3. The molecule has 2 aromatic rings. The van der Waals surface area contributed by atoms with Crippen LogP contribution in [0.4, 0.5) is 9.80 Å². The summed E-state index contributed by atoms with van der Waals surface area (Å²) in [5.74, 6) is -1.21. The highest BCUT2D eigenvalue weighted by Gasteiger charge is 2.26. The average Bonchev–Trinajstić information content (AvgIpc) is 3.22. The number of carbonyl (C=O) groups excluding carboxylic acids is 3. The molecule has 0 unspecified atom stereocenters. The van der Waals surface area contributed by atoms with Crippen LogP contribution in [-0.2, 0) is 14.8 Å². The van der Waals surface area contributed by atoms with Gasteiger partial charge in [-0.3, -0.25) is 14.9 Å². The minimum absolute atomic E-state index is 0.119. The molecule has 3 rings (SSSR count). The lowest BCUT2D eigenvalue weighted by atomic mass is 10.2. The quantitative estimate of drug-likeness (QED) is 0.654. The van der Waals surface area contributed by atoms with Crippen LogP contribution in [0.15, 0.2) is 40.6 Å². The van der Waals surface area contributed by atoms with Gasteiger partial charge in [0.05, 0.1) is 16.6 Å². The van der Waals surface area contributed by atoms with Crippen molar-refractivity contribution in [3.05, 3.63) is 46.8 Å². The zero-order valence-corrected chi connectivity index (χ0v) is 19.4. The van der Waals surface area contributed by atoms with Crippen LogP contribution < -0.4 is 10.6 Å². The number of hydrogen-bond acceptors (Lipinski definition) is 7. The SMILES string of the molecule is CC(C)OC(=O)NC(=O)c1ccsc1NC(=O)c1ccc(S(=O)(=O)N2CCCCC2)cc1. The lowest BCUT2D eigenvalue weighted by Gasteiger charge is -2.25. The summed E-state index contributed by atoms with van der Waals surface area (Å²) in [6, 6.07) is 7.15. The van der Waals surface area contributed by atoms with Crippen molar-refractivity contribution in [3.63, 3.8) is 0 Å². The average molecular weight is 480 g/mol. The fraction of sp³-hybridized carbons (Fsp3) is 0.381. The number of nitrogens with zero attached hydrogens (tertiary/aromatic N) is 1. The van der Waals surface area contributed by atoms with E-state index in [0.29, 0.717) is 13.1 Å². The van der Waals surface area contributed by atoms with Crippen LogP contribution in [0, 0.1) is 0 Å². The lowest BCUT2D eigenvalue weighted by Crippen LogP contribution is -2.35. The minimum Gasteiger partial charge on any atom is -0.447 e. The van der Waals surface area contributed by atoms with Gasteiger partial charge in [-0.05, 0) is 62.4 Å². The molecule has 0 bridgehead atoms.